The van der Waals surface area contributed by atoms with Crippen LogP contribution in [0.5, 0.6) is 0 Å². The third-order valence-electron chi connectivity index (χ3n) is 13.4. The Kier molecular flexibility index (Phi) is 13.1. The van der Waals surface area contributed by atoms with E-state index in [9.17, 15) is 37.6 Å². The van der Waals surface area contributed by atoms with Gasteiger partial charge in [-0.2, -0.15) is 23.5 Å². The van der Waals surface area contributed by atoms with Crippen LogP contribution >= 0.6 is 12.2 Å². The summed E-state index contributed by atoms with van der Waals surface area (Å²) in [6.45, 7) is 8.82. The number of nitrogens with zero attached hydrogens (tertiary/aromatic N) is 6. The molecule has 62 heavy (non-hydrogen) atoms. The Balaban J connectivity index is 0.874. The number of rotatable bonds is 13. The molecule has 5 atom stereocenters. The van der Waals surface area contributed by atoms with E-state index in [0.717, 1.165) is 86.4 Å². The maximum Gasteiger partial charge on any atom is 0.417 e. The third kappa shape index (κ3) is 8.83. The molecule has 3 unspecified atom stereocenters. The molecule has 2 N–H and O–H groups in total. The number of ether oxygens (including phenoxy) is 1. The lowest BCUT2D eigenvalue weighted by Gasteiger charge is -2.45. The minimum Gasteiger partial charge on any atom is -0.381 e. The van der Waals surface area contributed by atoms with Gasteiger partial charge >= 0.3 is 6.18 Å². The molecular weight excluding hydrogens is 822 g/mol. The van der Waals surface area contributed by atoms with Crippen molar-refractivity contribution >= 4 is 63.6 Å². The lowest BCUT2D eigenvalue weighted by atomic mass is 9.82. The van der Waals surface area contributed by atoms with Crippen LogP contribution in [0.2, 0.25) is 0 Å². The van der Waals surface area contributed by atoms with Gasteiger partial charge in [0.15, 0.2) is 5.11 Å². The maximum absolute atomic E-state index is 13.8. The van der Waals surface area contributed by atoms with Gasteiger partial charge in [-0.15, -0.1) is 0 Å². The smallest absolute Gasteiger partial charge is 0.381 e. The van der Waals surface area contributed by atoms with Gasteiger partial charge in [-0.1, -0.05) is 12.1 Å². The van der Waals surface area contributed by atoms with Crippen LogP contribution in [0, 0.1) is 17.2 Å². The Hall–Kier alpha value is -4.92. The summed E-state index contributed by atoms with van der Waals surface area (Å²) in [6.07, 6.45) is 3.98. The van der Waals surface area contributed by atoms with E-state index in [0.29, 0.717) is 31.2 Å². The van der Waals surface area contributed by atoms with Gasteiger partial charge in [0.25, 0.3) is 5.91 Å². The molecule has 13 nitrogen and oxygen atoms in total. The fraction of sp³-hybridized carbons (Fsp3) is 0.578. The number of nitriles is 1. The zero-order valence-electron chi connectivity index (χ0n) is 35.8. The molecule has 0 spiro atoms. The number of halogens is 3. The van der Waals surface area contributed by atoms with E-state index in [4.69, 9.17) is 17.0 Å². The summed E-state index contributed by atoms with van der Waals surface area (Å²) in [5.41, 5.74) is -0.367. The van der Waals surface area contributed by atoms with E-state index in [2.05, 4.69) is 34.5 Å². The number of aldehydes is 1. The van der Waals surface area contributed by atoms with Crippen LogP contribution in [0.15, 0.2) is 36.4 Å². The summed E-state index contributed by atoms with van der Waals surface area (Å²) in [5.74, 6) is -1.03. The van der Waals surface area contributed by atoms with Gasteiger partial charge in [-0.05, 0) is 128 Å². The number of imide groups is 1. The Morgan fingerprint density at radius 2 is 1.79 bits per heavy atom. The summed E-state index contributed by atoms with van der Waals surface area (Å²) in [7, 11) is 1.83. The SMILES string of the molecule is C[C@@H]1CC(OCCCC2CCC(N3C(=S)N(c4ccc(C#N)c(C(F)(F)F)c4)C(=O)C3(C)C)CC2)C[C@H](C)N1C(C=O)CNc1cccc2c(C3CCC(=O)NC3=O)nn(C)c12. The second-order valence-corrected chi connectivity index (χ2v) is 18.3. The average molecular weight is 877 g/mol. The number of para-hydroxylation sites is 1. The minimum atomic E-state index is -4.76. The summed E-state index contributed by atoms with van der Waals surface area (Å²) in [6, 6.07) is 10.4. The zero-order chi connectivity index (χ0) is 44.7. The molecule has 1 aliphatic carbocycles. The molecule has 3 aliphatic heterocycles. The number of fused-ring (bicyclic) bond motifs is 1. The van der Waals surface area contributed by atoms with Gasteiger partial charge in [0.2, 0.25) is 11.8 Å². The number of hydrogen-bond acceptors (Lipinski definition) is 10. The van der Waals surface area contributed by atoms with Crippen molar-refractivity contribution in [2.75, 3.05) is 23.4 Å². The predicted molar refractivity (Wildman–Crippen MR) is 231 cm³/mol. The summed E-state index contributed by atoms with van der Waals surface area (Å²) in [5, 5.41) is 20.9. The Morgan fingerprint density at radius 3 is 2.44 bits per heavy atom. The number of alkyl halides is 3. The van der Waals surface area contributed by atoms with Crippen LogP contribution in [-0.2, 0) is 37.1 Å². The van der Waals surface area contributed by atoms with Crippen LogP contribution in [-0.4, -0.2) is 97.7 Å². The van der Waals surface area contributed by atoms with E-state index >= 15 is 0 Å². The quantitative estimate of drug-likeness (QED) is 0.0793. The molecule has 7 rings (SSSR count). The molecule has 0 radical (unpaired) electrons. The molecule has 4 fully saturated rings. The molecule has 0 bridgehead atoms. The van der Waals surface area contributed by atoms with E-state index in [1.54, 1.807) is 24.6 Å². The van der Waals surface area contributed by atoms with Crippen molar-refractivity contribution in [2.45, 2.75) is 140 Å². The minimum absolute atomic E-state index is 0.00469. The molecule has 4 heterocycles. The second kappa shape index (κ2) is 18.1. The van der Waals surface area contributed by atoms with E-state index < -0.39 is 34.7 Å². The van der Waals surface area contributed by atoms with E-state index in [-0.39, 0.29) is 59.3 Å². The van der Waals surface area contributed by atoms with Crippen molar-refractivity contribution < 1.29 is 37.1 Å². The first-order valence-electron chi connectivity index (χ1n) is 21.6. The van der Waals surface area contributed by atoms with Crippen LogP contribution < -0.4 is 15.5 Å². The van der Waals surface area contributed by atoms with Crippen LogP contribution in [0.1, 0.15) is 115 Å². The van der Waals surface area contributed by atoms with Gasteiger partial charge in [0.05, 0.1) is 57.8 Å². The van der Waals surface area contributed by atoms with Gasteiger partial charge in [0, 0.05) is 50.1 Å². The number of amides is 3. The second-order valence-electron chi connectivity index (χ2n) is 17.9. The summed E-state index contributed by atoms with van der Waals surface area (Å²) >= 11 is 5.77. The van der Waals surface area contributed by atoms with E-state index in [1.165, 1.54) is 11.0 Å². The van der Waals surface area contributed by atoms with Gasteiger partial charge in [-0.3, -0.25) is 34.2 Å². The Morgan fingerprint density at radius 1 is 1.08 bits per heavy atom. The fourth-order valence-electron chi connectivity index (χ4n) is 10.4. The van der Waals surface area contributed by atoms with E-state index in [1.807, 2.05) is 30.1 Å². The number of thiocarbonyl (C=S) groups is 1. The first-order valence-corrected chi connectivity index (χ1v) is 22.0. The van der Waals surface area contributed by atoms with Crippen LogP contribution in [0.25, 0.3) is 10.9 Å². The molecule has 1 saturated carbocycles. The number of aromatic nitrogens is 2. The number of benzene rings is 2. The number of carbonyl (C=O) groups excluding carboxylic acids is 4. The number of likely N-dealkylation sites (tertiary alicyclic amines) is 1. The summed E-state index contributed by atoms with van der Waals surface area (Å²) < 4.78 is 49.5. The number of piperidine rings is 2. The first-order chi connectivity index (χ1) is 29.4. The van der Waals surface area contributed by atoms with Gasteiger partial charge in [-0.25, -0.2) is 0 Å². The molecule has 17 heteroatoms. The fourth-order valence-corrected chi connectivity index (χ4v) is 11.0. The molecule has 3 amide bonds. The highest BCUT2D eigenvalue weighted by Crippen LogP contribution is 2.42. The molecule has 3 saturated heterocycles. The number of nitrogens with one attached hydrogen (secondary N) is 2. The lowest BCUT2D eigenvalue weighted by Crippen LogP contribution is -2.56. The monoisotopic (exact) mass is 876 g/mol. The van der Waals surface area contributed by atoms with Crippen LogP contribution in [0.4, 0.5) is 24.5 Å². The van der Waals surface area contributed by atoms with Crippen molar-refractivity contribution in [3.63, 3.8) is 0 Å². The van der Waals surface area contributed by atoms with Crippen molar-refractivity contribution in [2.24, 2.45) is 13.0 Å². The first kappa shape index (κ1) is 45.1. The average Bonchev–Trinajstić information content (AvgIpc) is 3.65. The number of carbonyl (C=O) groups is 4. The molecular formula is C45H55F3N8O5S. The van der Waals surface area contributed by atoms with Crippen molar-refractivity contribution in [3.8, 4) is 6.07 Å². The highest BCUT2D eigenvalue weighted by Gasteiger charge is 2.52. The normalized spacial score (nSPS) is 26.4. The van der Waals surface area contributed by atoms with Gasteiger partial charge in [0.1, 0.15) is 11.8 Å². The van der Waals surface area contributed by atoms with Crippen molar-refractivity contribution in [3.05, 3.63) is 53.2 Å². The largest absolute Gasteiger partial charge is 0.417 e. The highest BCUT2D eigenvalue weighted by molar-refractivity contribution is 7.80. The number of hydrogen-bond donors (Lipinski definition) is 2. The lowest BCUT2D eigenvalue weighted by molar-refractivity contribution is -0.138. The van der Waals surface area contributed by atoms with Crippen molar-refractivity contribution in [1.29, 1.82) is 5.26 Å². The maximum atomic E-state index is 13.8. The van der Waals surface area contributed by atoms with Gasteiger partial charge < -0.3 is 19.7 Å². The summed E-state index contributed by atoms with van der Waals surface area (Å²) in [4.78, 5) is 56.0. The molecule has 3 aromatic rings. The van der Waals surface area contributed by atoms with Crippen molar-refractivity contribution in [1.82, 2.24) is 24.9 Å². The Bertz CT molecular complexity index is 2250. The standard InChI is InChI=1S/C45H55F3N8O5S/c1-26-20-33(21-27(2)54(26)32(25-57)24-50-37-10-6-9-34-39(52-53(5)40(34)37)35-17-18-38(58)51-41(35)59)61-19-7-8-28-11-14-30(15-12-28)56-43(62)55(42(60)44(56,3)4)31-16-13-29(23-49)36(22-31)45(46,47)48/h6,9-10,13,16,22,25-28,30,32-33,35,50H,7-8,11-12,14-15,17-21,24H2,1-5H3,(H,51,58,59)/t26-,27+,28?,30?,32?,33?,35?. The topological polar surface area (TPSA) is 153 Å². The zero-order valence-corrected chi connectivity index (χ0v) is 36.7. The molecule has 332 valence electrons. The number of anilines is 2. The number of aryl methyl sites for hydroxylation is 1. The predicted octanol–water partition coefficient (Wildman–Crippen LogP) is 6.97. The molecule has 4 aliphatic rings. The molecule has 1 aromatic heterocycles. The highest BCUT2D eigenvalue weighted by atomic mass is 32.1. The van der Waals surface area contributed by atoms with Crippen LogP contribution in [0.3, 0.4) is 0 Å². The molecule has 2 aromatic carbocycles. The Labute approximate surface area is 365 Å². The third-order valence-corrected chi connectivity index (χ3v) is 13.8.